The average molecular weight is 270 g/mol. The maximum Gasteiger partial charge on any atom is 0.336 e. The summed E-state index contributed by atoms with van der Waals surface area (Å²) < 4.78 is 0. The molecule has 0 saturated heterocycles. The second-order valence-electron chi connectivity index (χ2n) is 4.30. The Bertz CT molecular complexity index is 626. The topological polar surface area (TPSA) is 79.3 Å². The number of carboxylic acid groups (broad SMARTS) is 1. The van der Waals surface area contributed by atoms with Crippen molar-refractivity contribution >= 4 is 11.9 Å². The van der Waals surface area contributed by atoms with E-state index in [0.29, 0.717) is 5.69 Å². The minimum absolute atomic E-state index is 0.0155. The molecule has 0 radical (unpaired) electrons. The zero-order valence-corrected chi connectivity index (χ0v) is 10.9. The average Bonchev–Trinajstić information content (AvgIpc) is 2.48. The third kappa shape index (κ3) is 3.00. The molecule has 5 nitrogen and oxygen atoms in total. The summed E-state index contributed by atoms with van der Waals surface area (Å²) in [7, 11) is 0. The van der Waals surface area contributed by atoms with Gasteiger partial charge in [0, 0.05) is 6.20 Å². The minimum atomic E-state index is -1.12. The van der Waals surface area contributed by atoms with Crippen LogP contribution in [0.25, 0.3) is 0 Å². The van der Waals surface area contributed by atoms with Crippen molar-refractivity contribution in [2.75, 3.05) is 0 Å². The monoisotopic (exact) mass is 270 g/mol. The van der Waals surface area contributed by atoms with E-state index < -0.39 is 11.9 Å². The number of pyridine rings is 1. The summed E-state index contributed by atoms with van der Waals surface area (Å²) in [5.74, 6) is -1.55. The van der Waals surface area contributed by atoms with Crippen LogP contribution in [0.3, 0.4) is 0 Å². The van der Waals surface area contributed by atoms with E-state index in [1.807, 2.05) is 6.07 Å². The molecule has 0 spiro atoms. The van der Waals surface area contributed by atoms with Gasteiger partial charge in [-0.05, 0) is 31.2 Å². The number of nitrogens with one attached hydrogen (secondary N) is 1. The highest BCUT2D eigenvalue weighted by Crippen LogP contribution is 2.13. The van der Waals surface area contributed by atoms with Crippen LogP contribution in [-0.4, -0.2) is 22.0 Å². The molecule has 5 heteroatoms. The summed E-state index contributed by atoms with van der Waals surface area (Å²) in [5, 5.41) is 11.8. The summed E-state index contributed by atoms with van der Waals surface area (Å²) in [6.45, 7) is 1.80. The molecular weight excluding hydrogens is 256 g/mol. The van der Waals surface area contributed by atoms with Gasteiger partial charge in [0.2, 0.25) is 0 Å². The van der Waals surface area contributed by atoms with E-state index in [-0.39, 0.29) is 17.2 Å². The van der Waals surface area contributed by atoms with Crippen LogP contribution in [0.15, 0.2) is 48.7 Å². The molecule has 0 fully saturated rings. The lowest BCUT2D eigenvalue weighted by Crippen LogP contribution is -2.28. The molecule has 1 aromatic carbocycles. The number of nitrogens with zero attached hydrogens (tertiary/aromatic N) is 1. The van der Waals surface area contributed by atoms with Crippen LogP contribution in [0.5, 0.6) is 0 Å². The van der Waals surface area contributed by atoms with Crippen molar-refractivity contribution in [1.82, 2.24) is 10.3 Å². The van der Waals surface area contributed by atoms with E-state index in [2.05, 4.69) is 10.3 Å². The van der Waals surface area contributed by atoms with Gasteiger partial charge in [-0.1, -0.05) is 18.2 Å². The fraction of sp³-hybridized carbons (Fsp3) is 0.133. The zero-order valence-electron chi connectivity index (χ0n) is 10.9. The SMILES string of the molecule is C[C@@H](NC(=O)c1ccccc1C(=O)O)c1ccccn1. The van der Waals surface area contributed by atoms with Gasteiger partial charge < -0.3 is 10.4 Å². The Morgan fingerprint density at radius 2 is 1.75 bits per heavy atom. The van der Waals surface area contributed by atoms with Crippen LogP contribution < -0.4 is 5.32 Å². The predicted octanol–water partition coefficient (Wildman–Crippen LogP) is 2.27. The highest BCUT2D eigenvalue weighted by Gasteiger charge is 2.18. The first-order valence-corrected chi connectivity index (χ1v) is 6.13. The van der Waals surface area contributed by atoms with Crippen molar-refractivity contribution in [3.63, 3.8) is 0 Å². The lowest BCUT2D eigenvalue weighted by molar-refractivity contribution is 0.0690. The Morgan fingerprint density at radius 3 is 2.35 bits per heavy atom. The van der Waals surface area contributed by atoms with Gasteiger partial charge in [-0.2, -0.15) is 0 Å². The number of hydrogen-bond acceptors (Lipinski definition) is 3. The van der Waals surface area contributed by atoms with Crippen molar-refractivity contribution in [2.45, 2.75) is 13.0 Å². The molecule has 1 atom stereocenters. The van der Waals surface area contributed by atoms with Crippen LogP contribution in [-0.2, 0) is 0 Å². The Balaban J connectivity index is 2.19. The van der Waals surface area contributed by atoms with E-state index in [9.17, 15) is 9.59 Å². The highest BCUT2D eigenvalue weighted by atomic mass is 16.4. The van der Waals surface area contributed by atoms with Crippen LogP contribution in [0.1, 0.15) is 39.4 Å². The zero-order chi connectivity index (χ0) is 14.5. The van der Waals surface area contributed by atoms with E-state index in [1.165, 1.54) is 12.1 Å². The maximum atomic E-state index is 12.2. The molecule has 1 aromatic heterocycles. The van der Waals surface area contributed by atoms with Gasteiger partial charge in [0.15, 0.2) is 0 Å². The molecule has 2 N–H and O–H groups in total. The number of amides is 1. The summed E-state index contributed by atoms with van der Waals surface area (Å²) in [6.07, 6.45) is 1.64. The van der Waals surface area contributed by atoms with Crippen molar-refractivity contribution in [2.24, 2.45) is 0 Å². The van der Waals surface area contributed by atoms with E-state index in [4.69, 9.17) is 5.11 Å². The molecule has 20 heavy (non-hydrogen) atoms. The molecule has 102 valence electrons. The normalized spacial score (nSPS) is 11.7. The fourth-order valence-corrected chi connectivity index (χ4v) is 1.85. The number of hydrogen-bond donors (Lipinski definition) is 2. The molecular formula is C15H14N2O3. The van der Waals surface area contributed by atoms with Gasteiger partial charge in [0.1, 0.15) is 0 Å². The predicted molar refractivity (Wildman–Crippen MR) is 73.5 cm³/mol. The Kier molecular flexibility index (Phi) is 4.10. The van der Waals surface area contributed by atoms with Gasteiger partial charge in [-0.15, -0.1) is 0 Å². The molecule has 0 saturated carbocycles. The van der Waals surface area contributed by atoms with Gasteiger partial charge in [-0.25, -0.2) is 4.79 Å². The number of aromatic carboxylic acids is 1. The van der Waals surface area contributed by atoms with E-state index in [0.717, 1.165) is 0 Å². The van der Waals surface area contributed by atoms with Crippen molar-refractivity contribution in [3.8, 4) is 0 Å². The highest BCUT2D eigenvalue weighted by molar-refractivity contribution is 6.04. The largest absolute Gasteiger partial charge is 0.478 e. The van der Waals surface area contributed by atoms with Gasteiger partial charge >= 0.3 is 5.97 Å². The van der Waals surface area contributed by atoms with E-state index in [1.54, 1.807) is 37.4 Å². The third-order valence-electron chi connectivity index (χ3n) is 2.88. The first kappa shape index (κ1) is 13.7. The molecule has 0 aliphatic heterocycles. The molecule has 1 heterocycles. The number of carbonyl (C=O) groups excluding carboxylic acids is 1. The molecule has 0 unspecified atom stereocenters. The molecule has 1 amide bonds. The molecule has 2 rings (SSSR count). The fourth-order valence-electron chi connectivity index (χ4n) is 1.85. The number of rotatable bonds is 4. The molecule has 0 bridgehead atoms. The molecule has 0 aliphatic carbocycles. The van der Waals surface area contributed by atoms with Gasteiger partial charge in [0.25, 0.3) is 5.91 Å². The van der Waals surface area contributed by atoms with Crippen LogP contribution in [0.4, 0.5) is 0 Å². The van der Waals surface area contributed by atoms with Gasteiger partial charge in [0.05, 0.1) is 22.9 Å². The van der Waals surface area contributed by atoms with Crippen LogP contribution >= 0.6 is 0 Å². The smallest absolute Gasteiger partial charge is 0.336 e. The lowest BCUT2D eigenvalue weighted by atomic mass is 10.1. The second kappa shape index (κ2) is 5.97. The standard InChI is InChI=1S/C15H14N2O3/c1-10(13-8-4-5-9-16-13)17-14(18)11-6-2-3-7-12(11)15(19)20/h2-10H,1H3,(H,17,18)(H,19,20)/t10-/m1/s1. The molecule has 0 aliphatic rings. The Morgan fingerprint density at radius 1 is 1.10 bits per heavy atom. The Hall–Kier alpha value is -2.69. The summed E-state index contributed by atoms with van der Waals surface area (Å²) in [5.41, 5.74) is 0.842. The second-order valence-corrected chi connectivity index (χ2v) is 4.30. The van der Waals surface area contributed by atoms with Crippen LogP contribution in [0, 0.1) is 0 Å². The quantitative estimate of drug-likeness (QED) is 0.893. The summed E-state index contributed by atoms with van der Waals surface area (Å²) in [6, 6.07) is 11.2. The summed E-state index contributed by atoms with van der Waals surface area (Å²) in [4.78, 5) is 27.4. The van der Waals surface area contributed by atoms with Gasteiger partial charge in [-0.3, -0.25) is 9.78 Å². The van der Waals surface area contributed by atoms with Crippen molar-refractivity contribution in [1.29, 1.82) is 0 Å². The van der Waals surface area contributed by atoms with E-state index >= 15 is 0 Å². The third-order valence-corrected chi connectivity index (χ3v) is 2.88. The maximum absolute atomic E-state index is 12.2. The lowest BCUT2D eigenvalue weighted by Gasteiger charge is -2.14. The van der Waals surface area contributed by atoms with Crippen molar-refractivity contribution in [3.05, 3.63) is 65.5 Å². The summed E-state index contributed by atoms with van der Waals surface area (Å²) >= 11 is 0. The number of carboxylic acids is 1. The van der Waals surface area contributed by atoms with Crippen LogP contribution in [0.2, 0.25) is 0 Å². The first-order valence-electron chi connectivity index (χ1n) is 6.13. The molecule has 2 aromatic rings. The first-order chi connectivity index (χ1) is 9.59. The van der Waals surface area contributed by atoms with Crippen molar-refractivity contribution < 1.29 is 14.7 Å². The minimum Gasteiger partial charge on any atom is -0.478 e. The Labute approximate surface area is 116 Å². The number of carbonyl (C=O) groups is 2. The number of aromatic nitrogens is 1. The number of benzene rings is 1.